The van der Waals surface area contributed by atoms with E-state index in [0.717, 1.165) is 30.5 Å². The van der Waals surface area contributed by atoms with Crippen molar-refractivity contribution in [3.63, 3.8) is 0 Å². The van der Waals surface area contributed by atoms with Gasteiger partial charge in [-0.15, -0.1) is 0 Å². The molecule has 1 aliphatic heterocycles. The molecule has 0 bridgehead atoms. The third-order valence-electron chi connectivity index (χ3n) is 4.90. The highest BCUT2D eigenvalue weighted by Crippen LogP contribution is 2.27. The summed E-state index contributed by atoms with van der Waals surface area (Å²) in [5.41, 5.74) is 7.85. The monoisotopic (exact) mass is 354 g/mol. The third-order valence-corrected chi connectivity index (χ3v) is 4.90. The van der Waals surface area contributed by atoms with Gasteiger partial charge in [-0.05, 0) is 40.7 Å². The smallest absolute Gasteiger partial charge is 0.242 e. The normalized spacial score (nSPS) is 20.6. The molecule has 1 aliphatic rings. The Kier molecular flexibility index (Phi) is 4.10. The first-order valence-electron chi connectivity index (χ1n) is 8.84. The Balaban J connectivity index is 1.71. The van der Waals surface area contributed by atoms with Crippen LogP contribution in [0.5, 0.6) is 0 Å². The second kappa shape index (κ2) is 6.44. The molecule has 3 heterocycles. The molecular formula is C18H22N6O2. The average Bonchev–Trinajstić information content (AvgIpc) is 3.17. The molecule has 1 fully saturated rings. The SMILES string of the molecule is C[C@@H]1C[C@H](C)CN(C(=O)Cn2c(-c3nonc3N)nc3ccccc32)C1. The molecule has 3 aromatic rings. The summed E-state index contributed by atoms with van der Waals surface area (Å²) in [6.45, 7) is 6.14. The van der Waals surface area contributed by atoms with Gasteiger partial charge in [0.15, 0.2) is 17.3 Å². The number of benzene rings is 1. The molecule has 26 heavy (non-hydrogen) atoms. The van der Waals surface area contributed by atoms with E-state index >= 15 is 0 Å². The number of nitrogen functional groups attached to an aromatic ring is 1. The van der Waals surface area contributed by atoms with E-state index in [1.165, 1.54) is 0 Å². The number of hydrogen-bond donors (Lipinski definition) is 1. The van der Waals surface area contributed by atoms with E-state index in [1.807, 2.05) is 33.7 Å². The van der Waals surface area contributed by atoms with Gasteiger partial charge in [0.2, 0.25) is 5.91 Å². The van der Waals surface area contributed by atoms with E-state index in [1.54, 1.807) is 0 Å². The molecule has 0 spiro atoms. The molecule has 4 rings (SSSR count). The largest absolute Gasteiger partial charge is 0.379 e. The number of piperidine rings is 1. The molecule has 1 saturated heterocycles. The maximum absolute atomic E-state index is 13.0. The quantitative estimate of drug-likeness (QED) is 0.773. The number of carbonyl (C=O) groups excluding carboxylic acids is 1. The molecule has 2 N–H and O–H groups in total. The van der Waals surface area contributed by atoms with Gasteiger partial charge in [0.25, 0.3) is 0 Å². The van der Waals surface area contributed by atoms with Gasteiger partial charge in [-0.2, -0.15) is 0 Å². The highest BCUT2D eigenvalue weighted by atomic mass is 16.6. The molecule has 0 saturated carbocycles. The number of aromatic nitrogens is 4. The number of rotatable bonds is 3. The number of amides is 1. The molecule has 136 valence electrons. The average molecular weight is 354 g/mol. The molecule has 8 heteroatoms. The van der Waals surface area contributed by atoms with Gasteiger partial charge in [0, 0.05) is 13.1 Å². The van der Waals surface area contributed by atoms with Crippen LogP contribution in [0.3, 0.4) is 0 Å². The molecule has 1 amide bonds. The predicted molar refractivity (Wildman–Crippen MR) is 97.0 cm³/mol. The van der Waals surface area contributed by atoms with Gasteiger partial charge in [-0.25, -0.2) is 9.61 Å². The molecule has 2 atom stereocenters. The molecule has 1 aromatic carbocycles. The summed E-state index contributed by atoms with van der Waals surface area (Å²) in [6.07, 6.45) is 1.16. The van der Waals surface area contributed by atoms with Crippen LogP contribution in [0.4, 0.5) is 5.82 Å². The van der Waals surface area contributed by atoms with E-state index < -0.39 is 0 Å². The molecule has 0 unspecified atom stereocenters. The third kappa shape index (κ3) is 2.91. The van der Waals surface area contributed by atoms with Crippen LogP contribution >= 0.6 is 0 Å². The summed E-state index contributed by atoms with van der Waals surface area (Å²) in [6, 6.07) is 7.66. The van der Waals surface area contributed by atoms with Crippen LogP contribution in [-0.4, -0.2) is 43.8 Å². The Hall–Kier alpha value is -2.90. The summed E-state index contributed by atoms with van der Waals surface area (Å²) >= 11 is 0. The van der Waals surface area contributed by atoms with Crippen molar-refractivity contribution in [3.8, 4) is 11.5 Å². The summed E-state index contributed by atoms with van der Waals surface area (Å²) in [4.78, 5) is 19.5. The van der Waals surface area contributed by atoms with Gasteiger partial charge in [0.1, 0.15) is 6.54 Å². The molecule has 8 nitrogen and oxygen atoms in total. The van der Waals surface area contributed by atoms with Crippen molar-refractivity contribution in [2.75, 3.05) is 18.8 Å². The summed E-state index contributed by atoms with van der Waals surface area (Å²) in [5.74, 6) is 1.75. The zero-order valence-electron chi connectivity index (χ0n) is 14.9. The summed E-state index contributed by atoms with van der Waals surface area (Å²) in [5, 5.41) is 7.50. The standard InChI is InChI=1S/C18H22N6O2/c1-11-7-12(2)9-23(8-11)15(25)10-24-14-6-4-3-5-13(14)20-18(24)16-17(19)22-26-21-16/h3-6,11-12H,7-10H2,1-2H3,(H2,19,22)/t11-,12+. The first-order valence-corrected chi connectivity index (χ1v) is 8.84. The first kappa shape index (κ1) is 16.6. The van der Waals surface area contributed by atoms with Crippen LogP contribution in [0.1, 0.15) is 20.3 Å². The number of nitrogens with two attached hydrogens (primary N) is 1. The molecule has 0 radical (unpaired) electrons. The Morgan fingerprint density at radius 1 is 1.23 bits per heavy atom. The van der Waals surface area contributed by atoms with Crippen molar-refractivity contribution < 1.29 is 9.42 Å². The first-order chi connectivity index (χ1) is 12.5. The minimum absolute atomic E-state index is 0.0721. The van der Waals surface area contributed by atoms with Gasteiger partial charge in [0.05, 0.1) is 11.0 Å². The summed E-state index contributed by atoms with van der Waals surface area (Å²) < 4.78 is 6.57. The van der Waals surface area contributed by atoms with Crippen LogP contribution in [0, 0.1) is 11.8 Å². The zero-order valence-corrected chi connectivity index (χ0v) is 14.9. The van der Waals surface area contributed by atoms with Crippen molar-refractivity contribution >= 4 is 22.8 Å². The number of likely N-dealkylation sites (tertiary alicyclic amines) is 1. The van der Waals surface area contributed by atoms with E-state index in [0.29, 0.717) is 23.4 Å². The number of nitrogens with zero attached hydrogens (tertiary/aromatic N) is 5. The lowest BCUT2D eigenvalue weighted by atomic mass is 9.92. The minimum atomic E-state index is 0.0721. The van der Waals surface area contributed by atoms with E-state index in [2.05, 4.69) is 29.1 Å². The van der Waals surface area contributed by atoms with E-state index in [4.69, 9.17) is 10.4 Å². The maximum Gasteiger partial charge on any atom is 0.242 e. The lowest BCUT2D eigenvalue weighted by Gasteiger charge is -2.35. The Morgan fingerprint density at radius 2 is 1.96 bits per heavy atom. The van der Waals surface area contributed by atoms with E-state index in [-0.39, 0.29) is 18.3 Å². The van der Waals surface area contributed by atoms with Crippen molar-refractivity contribution in [1.29, 1.82) is 0 Å². The highest BCUT2D eigenvalue weighted by Gasteiger charge is 2.27. The van der Waals surface area contributed by atoms with Gasteiger partial charge in [-0.1, -0.05) is 26.0 Å². The van der Waals surface area contributed by atoms with Crippen LogP contribution in [-0.2, 0) is 11.3 Å². The number of imidazole rings is 1. The number of anilines is 1. The van der Waals surface area contributed by atoms with Gasteiger partial charge >= 0.3 is 0 Å². The highest BCUT2D eigenvalue weighted by molar-refractivity contribution is 5.85. The minimum Gasteiger partial charge on any atom is -0.379 e. The van der Waals surface area contributed by atoms with Crippen LogP contribution in [0.15, 0.2) is 28.9 Å². The number of carbonyl (C=O) groups is 1. The summed E-state index contributed by atoms with van der Waals surface area (Å²) in [7, 11) is 0. The fourth-order valence-electron chi connectivity index (χ4n) is 3.87. The zero-order chi connectivity index (χ0) is 18.3. The fraction of sp³-hybridized carbons (Fsp3) is 0.444. The van der Waals surface area contributed by atoms with Crippen molar-refractivity contribution in [2.24, 2.45) is 11.8 Å². The lowest BCUT2D eigenvalue weighted by molar-refractivity contribution is -0.134. The maximum atomic E-state index is 13.0. The van der Waals surface area contributed by atoms with Gasteiger partial charge in [-0.3, -0.25) is 4.79 Å². The van der Waals surface area contributed by atoms with Crippen molar-refractivity contribution in [2.45, 2.75) is 26.8 Å². The Morgan fingerprint density at radius 3 is 2.65 bits per heavy atom. The Labute approximate surface area is 150 Å². The second-order valence-electron chi connectivity index (χ2n) is 7.25. The Bertz CT molecular complexity index is 936. The lowest BCUT2D eigenvalue weighted by Crippen LogP contribution is -2.44. The van der Waals surface area contributed by atoms with Crippen molar-refractivity contribution in [1.82, 2.24) is 24.8 Å². The van der Waals surface area contributed by atoms with Gasteiger partial charge < -0.3 is 15.2 Å². The second-order valence-corrected chi connectivity index (χ2v) is 7.25. The van der Waals surface area contributed by atoms with E-state index in [9.17, 15) is 4.79 Å². The molecular weight excluding hydrogens is 332 g/mol. The fourth-order valence-corrected chi connectivity index (χ4v) is 3.87. The van der Waals surface area contributed by atoms with Crippen LogP contribution < -0.4 is 5.73 Å². The predicted octanol–water partition coefficient (Wildman–Crippen LogP) is 2.17. The number of fused-ring (bicyclic) bond motifs is 1. The van der Waals surface area contributed by atoms with Crippen LogP contribution in [0.2, 0.25) is 0 Å². The van der Waals surface area contributed by atoms with Crippen molar-refractivity contribution in [3.05, 3.63) is 24.3 Å². The molecule has 0 aliphatic carbocycles. The number of para-hydroxylation sites is 2. The van der Waals surface area contributed by atoms with Crippen LogP contribution in [0.25, 0.3) is 22.6 Å². The molecule has 2 aromatic heterocycles. The topological polar surface area (TPSA) is 103 Å². The number of hydrogen-bond acceptors (Lipinski definition) is 6.